The fourth-order valence-electron chi connectivity index (χ4n) is 2.28. The van der Waals surface area contributed by atoms with Gasteiger partial charge in [0.05, 0.1) is 0 Å². The van der Waals surface area contributed by atoms with E-state index in [0.717, 1.165) is 17.9 Å². The minimum Gasteiger partial charge on any atom is -0.457 e. The summed E-state index contributed by atoms with van der Waals surface area (Å²) in [6.07, 6.45) is 0.835. The van der Waals surface area contributed by atoms with E-state index in [1.165, 1.54) is 22.3 Å². The molecular formula is C17H21NO. The summed E-state index contributed by atoms with van der Waals surface area (Å²) in [5, 5.41) is 0. The quantitative estimate of drug-likeness (QED) is 0.899. The molecule has 0 saturated heterocycles. The van der Waals surface area contributed by atoms with Crippen molar-refractivity contribution in [3.05, 3.63) is 58.7 Å². The average Bonchev–Trinajstić information content (AvgIpc) is 2.32. The van der Waals surface area contributed by atoms with E-state index in [1.807, 2.05) is 6.07 Å². The molecule has 0 radical (unpaired) electrons. The Morgan fingerprint density at radius 1 is 0.895 bits per heavy atom. The summed E-state index contributed by atoms with van der Waals surface area (Å²) in [7, 11) is 0. The van der Waals surface area contributed by atoms with Crippen molar-refractivity contribution in [2.75, 3.05) is 6.54 Å². The van der Waals surface area contributed by atoms with Gasteiger partial charge in [0.25, 0.3) is 0 Å². The Balaban J connectivity index is 2.31. The van der Waals surface area contributed by atoms with Gasteiger partial charge in [-0.3, -0.25) is 0 Å². The van der Waals surface area contributed by atoms with E-state index in [0.29, 0.717) is 6.54 Å². The standard InChI is InChI=1S/C17H21NO/c1-12-4-5-17(15(9-12)6-7-18)19-16-10-13(2)8-14(3)11-16/h4-5,8-11H,6-7,18H2,1-3H3. The normalized spacial score (nSPS) is 10.5. The molecule has 0 heterocycles. The van der Waals surface area contributed by atoms with Crippen molar-refractivity contribution in [3.63, 3.8) is 0 Å². The second-order valence-corrected chi connectivity index (χ2v) is 5.08. The molecule has 0 fully saturated rings. The number of aryl methyl sites for hydroxylation is 3. The largest absolute Gasteiger partial charge is 0.457 e. The van der Waals surface area contributed by atoms with Gasteiger partial charge in [0, 0.05) is 0 Å². The van der Waals surface area contributed by atoms with Gasteiger partial charge in [-0.2, -0.15) is 0 Å². The van der Waals surface area contributed by atoms with Crippen LogP contribution in [0.25, 0.3) is 0 Å². The van der Waals surface area contributed by atoms with Gasteiger partial charge < -0.3 is 10.5 Å². The molecule has 2 aromatic rings. The lowest BCUT2D eigenvalue weighted by Gasteiger charge is -2.12. The maximum atomic E-state index is 6.02. The van der Waals surface area contributed by atoms with E-state index in [2.05, 4.69) is 51.1 Å². The molecule has 0 aromatic heterocycles. The van der Waals surface area contributed by atoms with Crippen molar-refractivity contribution >= 4 is 0 Å². The zero-order valence-electron chi connectivity index (χ0n) is 11.9. The van der Waals surface area contributed by atoms with E-state index >= 15 is 0 Å². The average molecular weight is 255 g/mol. The summed E-state index contributed by atoms with van der Waals surface area (Å²) in [6, 6.07) is 12.5. The minimum atomic E-state index is 0.632. The third kappa shape index (κ3) is 3.58. The lowest BCUT2D eigenvalue weighted by atomic mass is 10.1. The molecular weight excluding hydrogens is 234 g/mol. The molecule has 0 amide bonds. The Morgan fingerprint density at radius 2 is 1.58 bits per heavy atom. The van der Waals surface area contributed by atoms with Crippen LogP contribution in [0.4, 0.5) is 0 Å². The predicted molar refractivity (Wildman–Crippen MR) is 79.9 cm³/mol. The SMILES string of the molecule is Cc1cc(C)cc(Oc2ccc(C)cc2CCN)c1. The van der Waals surface area contributed by atoms with Crippen LogP contribution >= 0.6 is 0 Å². The van der Waals surface area contributed by atoms with Crippen molar-refractivity contribution < 1.29 is 4.74 Å². The highest BCUT2D eigenvalue weighted by Gasteiger charge is 2.06. The second kappa shape index (κ2) is 5.89. The Hall–Kier alpha value is -1.80. The predicted octanol–water partition coefficient (Wildman–Crippen LogP) is 3.91. The summed E-state index contributed by atoms with van der Waals surface area (Å²) in [4.78, 5) is 0. The first-order chi connectivity index (χ1) is 9.08. The summed E-state index contributed by atoms with van der Waals surface area (Å²) in [5.41, 5.74) is 10.5. The molecule has 2 nitrogen and oxygen atoms in total. The first-order valence-electron chi connectivity index (χ1n) is 6.64. The molecule has 0 spiro atoms. The van der Waals surface area contributed by atoms with Crippen LogP contribution in [0.2, 0.25) is 0 Å². The molecule has 0 aliphatic heterocycles. The molecule has 0 atom stereocenters. The van der Waals surface area contributed by atoms with Gasteiger partial charge in [0.1, 0.15) is 11.5 Å². The van der Waals surface area contributed by atoms with Gasteiger partial charge in [-0.1, -0.05) is 23.8 Å². The summed E-state index contributed by atoms with van der Waals surface area (Å²) < 4.78 is 6.02. The fourth-order valence-corrected chi connectivity index (χ4v) is 2.28. The molecule has 0 aliphatic carbocycles. The van der Waals surface area contributed by atoms with Crippen LogP contribution in [-0.2, 0) is 6.42 Å². The third-order valence-electron chi connectivity index (χ3n) is 3.05. The molecule has 0 aliphatic rings. The van der Waals surface area contributed by atoms with Crippen molar-refractivity contribution in [3.8, 4) is 11.5 Å². The van der Waals surface area contributed by atoms with Gasteiger partial charge in [0.2, 0.25) is 0 Å². The van der Waals surface area contributed by atoms with Crippen molar-refractivity contribution in [1.82, 2.24) is 0 Å². The lowest BCUT2D eigenvalue weighted by molar-refractivity contribution is 0.475. The van der Waals surface area contributed by atoms with Gasteiger partial charge in [0.15, 0.2) is 0 Å². The number of nitrogens with two attached hydrogens (primary N) is 1. The van der Waals surface area contributed by atoms with E-state index in [4.69, 9.17) is 10.5 Å². The topological polar surface area (TPSA) is 35.2 Å². The number of rotatable bonds is 4. The second-order valence-electron chi connectivity index (χ2n) is 5.08. The Morgan fingerprint density at radius 3 is 2.21 bits per heavy atom. The lowest BCUT2D eigenvalue weighted by Crippen LogP contribution is -2.04. The van der Waals surface area contributed by atoms with E-state index in [1.54, 1.807) is 0 Å². The van der Waals surface area contributed by atoms with Gasteiger partial charge in [-0.25, -0.2) is 0 Å². The van der Waals surface area contributed by atoms with Crippen molar-refractivity contribution in [2.45, 2.75) is 27.2 Å². The maximum Gasteiger partial charge on any atom is 0.130 e. The van der Waals surface area contributed by atoms with Crippen molar-refractivity contribution in [2.24, 2.45) is 5.73 Å². The Kier molecular flexibility index (Phi) is 4.23. The van der Waals surface area contributed by atoms with Crippen LogP contribution in [0.5, 0.6) is 11.5 Å². The van der Waals surface area contributed by atoms with Gasteiger partial charge >= 0.3 is 0 Å². The monoisotopic (exact) mass is 255 g/mol. The Bertz CT molecular complexity index is 555. The maximum absolute atomic E-state index is 6.02. The van der Waals surface area contributed by atoms with Crippen LogP contribution in [0.15, 0.2) is 36.4 Å². The van der Waals surface area contributed by atoms with E-state index < -0.39 is 0 Å². The third-order valence-corrected chi connectivity index (χ3v) is 3.05. The Labute approximate surface area is 115 Å². The van der Waals surface area contributed by atoms with E-state index in [-0.39, 0.29) is 0 Å². The zero-order chi connectivity index (χ0) is 13.8. The van der Waals surface area contributed by atoms with Gasteiger partial charge in [-0.05, 0) is 68.6 Å². The summed E-state index contributed by atoms with van der Waals surface area (Å²) in [6.45, 7) is 6.87. The zero-order valence-corrected chi connectivity index (χ0v) is 11.9. The van der Waals surface area contributed by atoms with Crippen LogP contribution in [0.3, 0.4) is 0 Å². The highest BCUT2D eigenvalue weighted by Crippen LogP contribution is 2.28. The van der Waals surface area contributed by atoms with Crippen LogP contribution < -0.4 is 10.5 Å². The van der Waals surface area contributed by atoms with E-state index in [9.17, 15) is 0 Å². The molecule has 0 unspecified atom stereocenters. The number of hydrogen-bond donors (Lipinski definition) is 1. The molecule has 2 heteroatoms. The molecule has 2 aromatic carbocycles. The minimum absolute atomic E-state index is 0.632. The molecule has 2 rings (SSSR count). The molecule has 0 bridgehead atoms. The number of hydrogen-bond acceptors (Lipinski definition) is 2. The molecule has 0 saturated carbocycles. The van der Waals surface area contributed by atoms with Gasteiger partial charge in [-0.15, -0.1) is 0 Å². The number of ether oxygens (including phenoxy) is 1. The summed E-state index contributed by atoms with van der Waals surface area (Å²) >= 11 is 0. The first kappa shape index (κ1) is 13.6. The highest BCUT2D eigenvalue weighted by molar-refractivity contribution is 5.42. The summed E-state index contributed by atoms with van der Waals surface area (Å²) in [5.74, 6) is 1.79. The van der Waals surface area contributed by atoms with Crippen LogP contribution in [0.1, 0.15) is 22.3 Å². The molecule has 2 N–H and O–H groups in total. The van der Waals surface area contributed by atoms with Crippen molar-refractivity contribution in [1.29, 1.82) is 0 Å². The van der Waals surface area contributed by atoms with Crippen LogP contribution in [0, 0.1) is 20.8 Å². The smallest absolute Gasteiger partial charge is 0.130 e. The molecule has 100 valence electrons. The van der Waals surface area contributed by atoms with Crippen LogP contribution in [-0.4, -0.2) is 6.54 Å². The highest BCUT2D eigenvalue weighted by atomic mass is 16.5. The number of benzene rings is 2. The fraction of sp³-hybridized carbons (Fsp3) is 0.294. The molecule has 19 heavy (non-hydrogen) atoms. The first-order valence-corrected chi connectivity index (χ1v) is 6.64.